The molecule has 0 bridgehead atoms. The van der Waals surface area contributed by atoms with E-state index in [9.17, 15) is 9.90 Å². The Morgan fingerprint density at radius 3 is 2.43 bits per heavy atom. The fraction of sp³-hybridized carbons (Fsp3) is 0.208. The van der Waals surface area contributed by atoms with Crippen molar-refractivity contribution in [1.82, 2.24) is 5.32 Å². The van der Waals surface area contributed by atoms with Crippen molar-refractivity contribution in [3.63, 3.8) is 0 Å². The molecule has 2 N–H and O–H groups in total. The van der Waals surface area contributed by atoms with Crippen LogP contribution in [0.5, 0.6) is 17.2 Å². The van der Waals surface area contributed by atoms with Crippen LogP contribution in [0.2, 0.25) is 0 Å². The van der Waals surface area contributed by atoms with Crippen LogP contribution in [0.3, 0.4) is 0 Å². The molecule has 0 heterocycles. The SMILES string of the molecule is C=C/C=C\C(=C)CNC(=O)Cc1cc(C)c(Oc2ccc(O)c(C)c2)c(C)c1. The summed E-state index contributed by atoms with van der Waals surface area (Å²) < 4.78 is 6.01. The van der Waals surface area contributed by atoms with Gasteiger partial charge in [0, 0.05) is 6.54 Å². The molecule has 0 spiro atoms. The zero-order valence-electron chi connectivity index (χ0n) is 16.7. The summed E-state index contributed by atoms with van der Waals surface area (Å²) in [6, 6.07) is 9.06. The molecule has 0 saturated heterocycles. The highest BCUT2D eigenvalue weighted by atomic mass is 16.5. The predicted molar refractivity (Wildman–Crippen MR) is 114 cm³/mol. The van der Waals surface area contributed by atoms with Crippen LogP contribution in [0.4, 0.5) is 0 Å². The molecule has 1 amide bonds. The van der Waals surface area contributed by atoms with Gasteiger partial charge in [-0.3, -0.25) is 4.79 Å². The highest BCUT2D eigenvalue weighted by Crippen LogP contribution is 2.32. The number of rotatable bonds is 8. The molecular weight excluding hydrogens is 350 g/mol. The molecule has 0 atom stereocenters. The minimum Gasteiger partial charge on any atom is -0.508 e. The highest BCUT2D eigenvalue weighted by molar-refractivity contribution is 5.79. The molecule has 0 radical (unpaired) electrons. The number of nitrogens with one attached hydrogen (secondary N) is 1. The number of phenolic OH excluding ortho intramolecular Hbond substituents is 1. The van der Waals surface area contributed by atoms with E-state index in [1.807, 2.05) is 39.0 Å². The average Bonchev–Trinajstić information content (AvgIpc) is 2.64. The summed E-state index contributed by atoms with van der Waals surface area (Å²) in [6.07, 6.45) is 5.56. The summed E-state index contributed by atoms with van der Waals surface area (Å²) in [4.78, 5) is 12.2. The number of phenols is 1. The standard InChI is InChI=1S/C24H27NO3/c1-6-7-8-16(2)15-25-23(27)14-20-11-18(4)24(19(5)12-20)28-21-9-10-22(26)17(3)13-21/h6-13,26H,1-2,14-15H2,3-5H3,(H,25,27)/b8-7-. The number of hydrogen-bond acceptors (Lipinski definition) is 3. The van der Waals surface area contributed by atoms with E-state index in [4.69, 9.17) is 4.74 Å². The first-order chi connectivity index (χ1) is 13.3. The van der Waals surface area contributed by atoms with Crippen molar-refractivity contribution in [1.29, 1.82) is 0 Å². The summed E-state index contributed by atoms with van der Waals surface area (Å²) in [5, 5.41) is 12.5. The maximum atomic E-state index is 12.2. The fourth-order valence-electron chi connectivity index (χ4n) is 2.84. The minimum atomic E-state index is -0.0604. The van der Waals surface area contributed by atoms with Gasteiger partial charge in [-0.05, 0) is 66.8 Å². The number of ether oxygens (including phenoxy) is 1. The molecule has 0 aromatic heterocycles. The predicted octanol–water partition coefficient (Wildman–Crippen LogP) is 5.07. The van der Waals surface area contributed by atoms with Crippen molar-refractivity contribution in [2.45, 2.75) is 27.2 Å². The topological polar surface area (TPSA) is 58.6 Å². The van der Waals surface area contributed by atoms with Crippen molar-refractivity contribution in [3.05, 3.63) is 89.5 Å². The normalized spacial score (nSPS) is 10.7. The monoisotopic (exact) mass is 377 g/mol. The van der Waals surface area contributed by atoms with Gasteiger partial charge in [-0.15, -0.1) is 0 Å². The molecule has 0 aliphatic carbocycles. The van der Waals surface area contributed by atoms with Crippen LogP contribution in [0.25, 0.3) is 0 Å². The first kappa shape index (κ1) is 21.0. The molecule has 0 aliphatic heterocycles. The molecule has 0 fully saturated rings. The Kier molecular flexibility index (Phi) is 7.21. The lowest BCUT2D eigenvalue weighted by Gasteiger charge is -2.14. The lowest BCUT2D eigenvalue weighted by molar-refractivity contribution is -0.120. The van der Waals surface area contributed by atoms with E-state index in [0.29, 0.717) is 18.7 Å². The smallest absolute Gasteiger partial charge is 0.224 e. The van der Waals surface area contributed by atoms with E-state index in [-0.39, 0.29) is 11.7 Å². The van der Waals surface area contributed by atoms with E-state index in [0.717, 1.165) is 33.6 Å². The van der Waals surface area contributed by atoms with Crippen molar-refractivity contribution in [2.75, 3.05) is 6.54 Å². The first-order valence-corrected chi connectivity index (χ1v) is 9.11. The summed E-state index contributed by atoms with van der Waals surface area (Å²) in [7, 11) is 0. The second kappa shape index (κ2) is 9.60. The number of hydrogen-bond donors (Lipinski definition) is 2. The molecule has 4 heteroatoms. The zero-order chi connectivity index (χ0) is 20.7. The largest absolute Gasteiger partial charge is 0.508 e. The van der Waals surface area contributed by atoms with E-state index in [1.165, 1.54) is 0 Å². The summed E-state index contributed by atoms with van der Waals surface area (Å²) in [5.41, 5.74) is 4.40. The van der Waals surface area contributed by atoms with Gasteiger partial charge in [0.15, 0.2) is 0 Å². The van der Waals surface area contributed by atoms with Gasteiger partial charge in [0.2, 0.25) is 5.91 Å². The Morgan fingerprint density at radius 1 is 1.14 bits per heavy atom. The zero-order valence-corrected chi connectivity index (χ0v) is 16.7. The number of aryl methyl sites for hydroxylation is 3. The lowest BCUT2D eigenvalue weighted by atomic mass is 10.0. The number of allylic oxidation sites excluding steroid dienone is 2. The van der Waals surface area contributed by atoms with Crippen LogP contribution in [0.1, 0.15) is 22.3 Å². The molecule has 0 saturated carbocycles. The van der Waals surface area contributed by atoms with Gasteiger partial charge in [0.1, 0.15) is 17.2 Å². The van der Waals surface area contributed by atoms with Crippen LogP contribution >= 0.6 is 0 Å². The Morgan fingerprint density at radius 2 is 1.82 bits per heavy atom. The van der Waals surface area contributed by atoms with Crippen LogP contribution < -0.4 is 10.1 Å². The van der Waals surface area contributed by atoms with Gasteiger partial charge in [0.05, 0.1) is 6.42 Å². The minimum absolute atomic E-state index is 0.0604. The summed E-state index contributed by atoms with van der Waals surface area (Å²) in [6.45, 7) is 13.6. The van der Waals surface area contributed by atoms with Gasteiger partial charge in [-0.25, -0.2) is 0 Å². The Labute approximate surface area is 166 Å². The summed E-state index contributed by atoms with van der Waals surface area (Å²) in [5.74, 6) is 1.61. The molecule has 28 heavy (non-hydrogen) atoms. The van der Waals surface area contributed by atoms with E-state index in [2.05, 4.69) is 18.5 Å². The number of aromatic hydroxyl groups is 1. The van der Waals surface area contributed by atoms with Gasteiger partial charge in [0.25, 0.3) is 0 Å². The first-order valence-electron chi connectivity index (χ1n) is 9.11. The number of amides is 1. The van der Waals surface area contributed by atoms with Gasteiger partial charge >= 0.3 is 0 Å². The van der Waals surface area contributed by atoms with E-state index < -0.39 is 0 Å². The third-order valence-corrected chi connectivity index (χ3v) is 4.25. The molecule has 0 unspecified atom stereocenters. The van der Waals surface area contributed by atoms with Gasteiger partial charge < -0.3 is 15.2 Å². The molecular formula is C24H27NO3. The number of carbonyl (C=O) groups excluding carboxylic acids is 1. The highest BCUT2D eigenvalue weighted by Gasteiger charge is 2.11. The Balaban J connectivity index is 2.05. The third-order valence-electron chi connectivity index (χ3n) is 4.25. The average molecular weight is 377 g/mol. The van der Waals surface area contributed by atoms with E-state index in [1.54, 1.807) is 30.4 Å². The quantitative estimate of drug-likeness (QED) is 0.632. The Bertz CT molecular complexity index is 902. The van der Waals surface area contributed by atoms with Gasteiger partial charge in [-0.2, -0.15) is 0 Å². The third kappa shape index (κ3) is 5.88. The van der Waals surface area contributed by atoms with Crippen LogP contribution in [-0.2, 0) is 11.2 Å². The molecule has 2 rings (SSSR count). The van der Waals surface area contributed by atoms with Crippen LogP contribution in [-0.4, -0.2) is 17.6 Å². The second-order valence-corrected chi connectivity index (χ2v) is 6.82. The Hall–Kier alpha value is -3.27. The summed E-state index contributed by atoms with van der Waals surface area (Å²) >= 11 is 0. The number of benzene rings is 2. The molecule has 4 nitrogen and oxygen atoms in total. The fourth-order valence-corrected chi connectivity index (χ4v) is 2.84. The van der Waals surface area contributed by atoms with Crippen molar-refractivity contribution in [2.24, 2.45) is 0 Å². The maximum absolute atomic E-state index is 12.2. The van der Waals surface area contributed by atoms with E-state index >= 15 is 0 Å². The molecule has 2 aromatic rings. The lowest BCUT2D eigenvalue weighted by Crippen LogP contribution is -2.26. The van der Waals surface area contributed by atoms with Gasteiger partial charge in [-0.1, -0.05) is 43.5 Å². The van der Waals surface area contributed by atoms with Crippen molar-refractivity contribution in [3.8, 4) is 17.2 Å². The van der Waals surface area contributed by atoms with Crippen molar-refractivity contribution >= 4 is 5.91 Å². The molecule has 0 aliphatic rings. The van der Waals surface area contributed by atoms with Crippen LogP contribution in [0, 0.1) is 20.8 Å². The maximum Gasteiger partial charge on any atom is 0.224 e. The van der Waals surface area contributed by atoms with Crippen LogP contribution in [0.15, 0.2) is 67.3 Å². The number of carbonyl (C=O) groups is 1. The molecule has 2 aromatic carbocycles. The molecule has 146 valence electrons. The second-order valence-electron chi connectivity index (χ2n) is 6.82. The van der Waals surface area contributed by atoms with Crippen molar-refractivity contribution < 1.29 is 14.6 Å².